The van der Waals surface area contributed by atoms with Crippen molar-refractivity contribution < 1.29 is 14.5 Å². The Balaban J connectivity index is 1.49. The average molecular weight is 406 g/mol. The van der Waals surface area contributed by atoms with Crippen molar-refractivity contribution in [2.75, 3.05) is 26.2 Å². The molecule has 0 aliphatic carbocycles. The van der Waals surface area contributed by atoms with Crippen LogP contribution in [0.3, 0.4) is 0 Å². The number of hydrogen-bond donors (Lipinski definition) is 1. The molecule has 1 aromatic heterocycles. The molecule has 0 radical (unpaired) electrons. The van der Waals surface area contributed by atoms with Gasteiger partial charge in [0, 0.05) is 11.1 Å². The van der Waals surface area contributed by atoms with Gasteiger partial charge in [-0.1, -0.05) is 60.7 Å². The molecule has 2 aromatic carbocycles. The van der Waals surface area contributed by atoms with Crippen molar-refractivity contribution in [3.8, 4) is 0 Å². The molecule has 1 fully saturated rings. The third-order valence-corrected chi connectivity index (χ3v) is 6.70. The minimum atomic E-state index is 0.0110. The van der Waals surface area contributed by atoms with Gasteiger partial charge in [-0.25, -0.2) is 0 Å². The number of carbonyl (C=O) groups excluding carboxylic acids is 2. The van der Waals surface area contributed by atoms with Crippen LogP contribution in [0.15, 0.2) is 72.8 Å². The number of nitrogens with one attached hydrogen (secondary N) is 1. The summed E-state index contributed by atoms with van der Waals surface area (Å²) in [6, 6.07) is 25.0. The van der Waals surface area contributed by atoms with Crippen LogP contribution >= 0.6 is 11.3 Å². The number of carbonyl (C=O) groups is 2. The van der Waals surface area contributed by atoms with Crippen molar-refractivity contribution >= 4 is 23.0 Å². The molecule has 148 valence electrons. The van der Waals surface area contributed by atoms with Crippen LogP contribution in [0.5, 0.6) is 0 Å². The minimum absolute atomic E-state index is 0.0110. The first kappa shape index (κ1) is 19.6. The Labute approximate surface area is 175 Å². The summed E-state index contributed by atoms with van der Waals surface area (Å²) in [4.78, 5) is 29.1. The predicted octanol–water partition coefficient (Wildman–Crippen LogP) is 3.08. The lowest BCUT2D eigenvalue weighted by molar-refractivity contribution is -0.929. The van der Waals surface area contributed by atoms with Gasteiger partial charge in [0.1, 0.15) is 6.04 Å². The Morgan fingerprint density at radius 1 is 0.828 bits per heavy atom. The number of rotatable bonds is 5. The maximum atomic E-state index is 12.9. The number of ketones is 1. The molecule has 0 bridgehead atoms. The van der Waals surface area contributed by atoms with Crippen LogP contribution in [0.4, 0.5) is 0 Å². The first-order chi connectivity index (χ1) is 14.1. The highest BCUT2D eigenvalue weighted by molar-refractivity contribution is 7.15. The third-order valence-electron chi connectivity index (χ3n) is 5.53. The van der Waals surface area contributed by atoms with E-state index in [1.165, 1.54) is 34.3 Å². The van der Waals surface area contributed by atoms with Crippen molar-refractivity contribution in [2.45, 2.75) is 13.0 Å². The van der Waals surface area contributed by atoms with Gasteiger partial charge < -0.3 is 9.80 Å². The molecule has 1 aliphatic rings. The molecule has 1 aliphatic heterocycles. The SMILES string of the molecule is CC(=O)c1ccc(C(=O)N2CC[NH+](C(c3ccccc3)c3ccccc3)CC2)s1. The van der Waals surface area contributed by atoms with Crippen LogP contribution in [-0.4, -0.2) is 42.8 Å². The number of hydrogen-bond acceptors (Lipinski definition) is 3. The van der Waals surface area contributed by atoms with Gasteiger partial charge in [0.2, 0.25) is 0 Å². The quantitative estimate of drug-likeness (QED) is 0.663. The molecule has 1 amide bonds. The highest BCUT2D eigenvalue weighted by Gasteiger charge is 2.32. The Bertz CT molecular complexity index is 937. The third kappa shape index (κ3) is 4.31. The summed E-state index contributed by atoms with van der Waals surface area (Å²) in [5, 5.41) is 0. The van der Waals surface area contributed by atoms with Crippen molar-refractivity contribution in [1.29, 1.82) is 0 Å². The van der Waals surface area contributed by atoms with Gasteiger partial charge in [0.15, 0.2) is 5.78 Å². The van der Waals surface area contributed by atoms with E-state index >= 15 is 0 Å². The average Bonchev–Trinajstić information content (AvgIpc) is 3.26. The zero-order valence-electron chi connectivity index (χ0n) is 16.5. The van der Waals surface area contributed by atoms with Crippen LogP contribution in [0.25, 0.3) is 0 Å². The summed E-state index contributed by atoms with van der Waals surface area (Å²) in [6.45, 7) is 4.76. The van der Waals surface area contributed by atoms with E-state index in [1.807, 2.05) is 17.0 Å². The Morgan fingerprint density at radius 3 is 1.83 bits per heavy atom. The smallest absolute Gasteiger partial charge is 0.264 e. The van der Waals surface area contributed by atoms with Gasteiger partial charge >= 0.3 is 0 Å². The van der Waals surface area contributed by atoms with Gasteiger partial charge in [0.05, 0.1) is 35.9 Å². The summed E-state index contributed by atoms with van der Waals surface area (Å²) in [5.41, 5.74) is 2.61. The lowest BCUT2D eigenvalue weighted by Gasteiger charge is -2.37. The van der Waals surface area contributed by atoms with E-state index in [0.717, 1.165) is 26.2 Å². The van der Waals surface area contributed by atoms with Crippen molar-refractivity contribution in [2.24, 2.45) is 0 Å². The summed E-state index contributed by atoms with van der Waals surface area (Å²) in [5.74, 6) is 0.0504. The first-order valence-corrected chi connectivity index (χ1v) is 10.8. The summed E-state index contributed by atoms with van der Waals surface area (Å²) < 4.78 is 0. The lowest BCUT2D eigenvalue weighted by atomic mass is 9.96. The fourth-order valence-corrected chi connectivity index (χ4v) is 4.91. The first-order valence-electron chi connectivity index (χ1n) is 9.98. The van der Waals surface area contributed by atoms with E-state index in [4.69, 9.17) is 0 Å². The highest BCUT2D eigenvalue weighted by Crippen LogP contribution is 2.21. The predicted molar refractivity (Wildman–Crippen MR) is 116 cm³/mol. The van der Waals surface area contributed by atoms with Gasteiger partial charge in [-0.3, -0.25) is 9.59 Å². The van der Waals surface area contributed by atoms with Gasteiger partial charge in [-0.2, -0.15) is 0 Å². The zero-order valence-corrected chi connectivity index (χ0v) is 17.3. The van der Waals surface area contributed by atoms with Gasteiger partial charge in [0.25, 0.3) is 5.91 Å². The van der Waals surface area contributed by atoms with E-state index in [0.29, 0.717) is 9.75 Å². The lowest BCUT2D eigenvalue weighted by Crippen LogP contribution is -3.15. The number of nitrogens with zero attached hydrogens (tertiary/aromatic N) is 1. The maximum Gasteiger partial charge on any atom is 0.264 e. The van der Waals surface area contributed by atoms with Crippen LogP contribution in [0.2, 0.25) is 0 Å². The molecule has 4 rings (SSSR count). The largest absolute Gasteiger partial charge is 0.327 e. The van der Waals surface area contributed by atoms with E-state index in [1.54, 1.807) is 12.1 Å². The van der Waals surface area contributed by atoms with Crippen molar-refractivity contribution in [3.05, 3.63) is 93.7 Å². The molecule has 1 N–H and O–H groups in total. The van der Waals surface area contributed by atoms with Crippen LogP contribution in [-0.2, 0) is 0 Å². The fraction of sp³-hybridized carbons (Fsp3) is 0.250. The standard InChI is InChI=1S/C24H24N2O2S/c1-18(27)21-12-13-22(29-21)24(28)26-16-14-25(15-17-26)23(19-8-4-2-5-9-19)20-10-6-3-7-11-20/h2-13,23H,14-17H2,1H3/p+1. The second-order valence-electron chi connectivity index (χ2n) is 7.42. The number of Topliss-reactive ketones (excluding diaryl/α,β-unsaturated/α-hetero) is 1. The topological polar surface area (TPSA) is 41.8 Å². The van der Waals surface area contributed by atoms with E-state index in [-0.39, 0.29) is 17.7 Å². The number of thiophene rings is 1. The van der Waals surface area contributed by atoms with Crippen LogP contribution in [0, 0.1) is 0 Å². The summed E-state index contributed by atoms with van der Waals surface area (Å²) in [7, 11) is 0. The fourth-order valence-electron chi connectivity index (χ4n) is 4.04. The molecule has 5 heteroatoms. The molecular weight excluding hydrogens is 380 g/mol. The molecule has 0 atom stereocenters. The zero-order chi connectivity index (χ0) is 20.2. The molecule has 0 saturated carbocycles. The summed E-state index contributed by atoms with van der Waals surface area (Å²) >= 11 is 1.30. The number of benzene rings is 2. The molecule has 0 unspecified atom stereocenters. The summed E-state index contributed by atoms with van der Waals surface area (Å²) in [6.07, 6.45) is 0. The van der Waals surface area contributed by atoms with E-state index in [2.05, 4.69) is 48.5 Å². The highest BCUT2D eigenvalue weighted by atomic mass is 32.1. The molecule has 3 aromatic rings. The van der Waals surface area contributed by atoms with Gasteiger partial charge in [-0.15, -0.1) is 11.3 Å². The second kappa shape index (κ2) is 8.72. The maximum absolute atomic E-state index is 12.9. The molecular formula is C24H25N2O2S+. The van der Waals surface area contributed by atoms with Crippen molar-refractivity contribution in [3.63, 3.8) is 0 Å². The Morgan fingerprint density at radius 2 is 1.34 bits per heavy atom. The minimum Gasteiger partial charge on any atom is -0.327 e. The monoisotopic (exact) mass is 405 g/mol. The Kier molecular flexibility index (Phi) is 5.88. The van der Waals surface area contributed by atoms with E-state index < -0.39 is 0 Å². The van der Waals surface area contributed by atoms with E-state index in [9.17, 15) is 9.59 Å². The van der Waals surface area contributed by atoms with Crippen LogP contribution in [0.1, 0.15) is 43.4 Å². The number of quaternary nitrogens is 1. The van der Waals surface area contributed by atoms with Crippen molar-refractivity contribution in [1.82, 2.24) is 4.90 Å². The number of piperazine rings is 1. The van der Waals surface area contributed by atoms with Gasteiger partial charge in [-0.05, 0) is 19.1 Å². The van der Waals surface area contributed by atoms with Crippen LogP contribution < -0.4 is 4.90 Å². The molecule has 1 saturated heterocycles. The molecule has 29 heavy (non-hydrogen) atoms. The normalized spacial score (nSPS) is 14.9. The second-order valence-corrected chi connectivity index (χ2v) is 8.51. The Hall–Kier alpha value is -2.76. The molecule has 4 nitrogen and oxygen atoms in total. The number of amides is 1. The molecule has 2 heterocycles. The molecule has 0 spiro atoms.